The number of carboxylic acids is 1. The number of hydrogen-bond donors (Lipinski definition) is 2. The fourth-order valence-electron chi connectivity index (χ4n) is 3.45. The lowest BCUT2D eigenvalue weighted by molar-refractivity contribution is -0.139. The molecule has 0 aromatic carbocycles. The summed E-state index contributed by atoms with van der Waals surface area (Å²) in [5.74, 6) is -0.328. The maximum Gasteiger partial charge on any atom is 0.326 e. The summed E-state index contributed by atoms with van der Waals surface area (Å²) in [6.07, 6.45) is 7.41. The number of rotatable bonds is 3. The highest BCUT2D eigenvalue weighted by Crippen LogP contribution is 2.35. The lowest BCUT2D eigenvalue weighted by atomic mass is 9.78. The van der Waals surface area contributed by atoms with E-state index in [0.29, 0.717) is 18.4 Å². The SMILES string of the molecule is CC[C@H](NC(=O)N1CCC[C@H]2CCCC[C@H]21)C(=O)O. The molecule has 0 unspecified atom stereocenters. The fourth-order valence-corrected chi connectivity index (χ4v) is 3.45. The molecule has 2 fully saturated rings. The van der Waals surface area contributed by atoms with Crippen LogP contribution < -0.4 is 5.32 Å². The van der Waals surface area contributed by atoms with Crippen LogP contribution in [-0.4, -0.2) is 40.6 Å². The highest BCUT2D eigenvalue weighted by atomic mass is 16.4. The number of fused-ring (bicyclic) bond motifs is 1. The first-order valence-electron chi connectivity index (χ1n) is 7.43. The van der Waals surface area contributed by atoms with Gasteiger partial charge in [-0.05, 0) is 38.0 Å². The number of carboxylic acid groups (broad SMARTS) is 1. The monoisotopic (exact) mass is 268 g/mol. The van der Waals surface area contributed by atoms with E-state index in [2.05, 4.69) is 5.32 Å². The number of aliphatic carboxylic acids is 1. The Labute approximate surface area is 114 Å². The Morgan fingerprint density at radius 1 is 1.26 bits per heavy atom. The molecular formula is C14H24N2O3. The van der Waals surface area contributed by atoms with E-state index < -0.39 is 12.0 Å². The standard InChI is InChI=1S/C14H24N2O3/c1-2-11(13(17)18)15-14(19)16-9-5-7-10-6-3-4-8-12(10)16/h10-12H,2-9H2,1H3,(H,15,19)(H,17,18)/t10-,11+,12-/m1/s1. The molecule has 108 valence electrons. The molecule has 0 aromatic heterocycles. The number of nitrogens with zero attached hydrogens (tertiary/aromatic N) is 1. The van der Waals surface area contributed by atoms with Gasteiger partial charge in [0.05, 0.1) is 0 Å². The summed E-state index contributed by atoms with van der Waals surface area (Å²) in [7, 11) is 0. The van der Waals surface area contributed by atoms with Gasteiger partial charge >= 0.3 is 12.0 Å². The number of carbonyl (C=O) groups is 2. The number of hydrogen-bond acceptors (Lipinski definition) is 2. The first kappa shape index (κ1) is 14.2. The molecule has 1 saturated heterocycles. The number of amides is 2. The summed E-state index contributed by atoms with van der Waals surface area (Å²) in [6, 6.07) is -0.629. The van der Waals surface area contributed by atoms with E-state index in [1.165, 1.54) is 25.7 Å². The summed E-state index contributed by atoms with van der Waals surface area (Å²) in [4.78, 5) is 25.2. The minimum absolute atomic E-state index is 0.189. The second-order valence-corrected chi connectivity index (χ2v) is 5.70. The highest BCUT2D eigenvalue weighted by Gasteiger charge is 2.36. The summed E-state index contributed by atoms with van der Waals surface area (Å²) in [5.41, 5.74) is 0. The molecule has 2 aliphatic rings. The van der Waals surface area contributed by atoms with Crippen LogP contribution in [0.1, 0.15) is 51.9 Å². The van der Waals surface area contributed by atoms with Crippen molar-refractivity contribution in [3.05, 3.63) is 0 Å². The maximum absolute atomic E-state index is 12.3. The van der Waals surface area contributed by atoms with Crippen molar-refractivity contribution < 1.29 is 14.7 Å². The van der Waals surface area contributed by atoms with Crippen LogP contribution in [-0.2, 0) is 4.79 Å². The van der Waals surface area contributed by atoms with Gasteiger partial charge in [0.2, 0.25) is 0 Å². The quantitative estimate of drug-likeness (QED) is 0.824. The highest BCUT2D eigenvalue weighted by molar-refractivity contribution is 5.82. The summed E-state index contributed by atoms with van der Waals surface area (Å²) >= 11 is 0. The van der Waals surface area contributed by atoms with Crippen molar-refractivity contribution in [1.82, 2.24) is 10.2 Å². The van der Waals surface area contributed by atoms with E-state index in [1.54, 1.807) is 6.92 Å². The summed E-state index contributed by atoms with van der Waals surface area (Å²) in [5, 5.41) is 11.7. The predicted molar refractivity (Wildman–Crippen MR) is 71.9 cm³/mol. The Bertz CT molecular complexity index is 344. The normalized spacial score (nSPS) is 28.4. The third-order valence-electron chi connectivity index (χ3n) is 4.51. The zero-order valence-corrected chi connectivity index (χ0v) is 11.6. The predicted octanol–water partition coefficient (Wildman–Crippen LogP) is 2.21. The van der Waals surface area contributed by atoms with Crippen LogP contribution in [0.4, 0.5) is 4.79 Å². The molecule has 5 heteroatoms. The van der Waals surface area contributed by atoms with E-state index in [0.717, 1.165) is 19.4 Å². The topological polar surface area (TPSA) is 69.6 Å². The number of nitrogens with one attached hydrogen (secondary N) is 1. The van der Waals surface area contributed by atoms with E-state index in [1.807, 2.05) is 4.90 Å². The zero-order chi connectivity index (χ0) is 13.8. The van der Waals surface area contributed by atoms with Gasteiger partial charge in [-0.25, -0.2) is 9.59 Å². The van der Waals surface area contributed by atoms with Crippen molar-refractivity contribution in [3.63, 3.8) is 0 Å². The molecule has 2 amide bonds. The Kier molecular flexibility index (Phi) is 4.66. The van der Waals surface area contributed by atoms with Crippen LogP contribution in [0.15, 0.2) is 0 Å². The molecule has 1 aliphatic heterocycles. The molecule has 5 nitrogen and oxygen atoms in total. The Balaban J connectivity index is 1.98. The zero-order valence-electron chi connectivity index (χ0n) is 11.6. The second kappa shape index (κ2) is 6.26. The summed E-state index contributed by atoms with van der Waals surface area (Å²) < 4.78 is 0. The smallest absolute Gasteiger partial charge is 0.326 e. The lowest BCUT2D eigenvalue weighted by Crippen LogP contribution is -2.55. The Morgan fingerprint density at radius 3 is 2.63 bits per heavy atom. The number of carbonyl (C=O) groups excluding carboxylic acids is 1. The van der Waals surface area contributed by atoms with Gasteiger partial charge in [0.1, 0.15) is 6.04 Å². The average molecular weight is 268 g/mol. The van der Waals surface area contributed by atoms with Gasteiger partial charge in [0.15, 0.2) is 0 Å². The average Bonchev–Trinajstić information content (AvgIpc) is 2.43. The lowest BCUT2D eigenvalue weighted by Gasteiger charge is -2.44. The van der Waals surface area contributed by atoms with Gasteiger partial charge in [-0.3, -0.25) is 0 Å². The molecular weight excluding hydrogens is 244 g/mol. The second-order valence-electron chi connectivity index (χ2n) is 5.70. The first-order chi connectivity index (χ1) is 9.13. The van der Waals surface area contributed by atoms with Crippen LogP contribution in [0.25, 0.3) is 0 Å². The van der Waals surface area contributed by atoms with Crippen LogP contribution in [0, 0.1) is 5.92 Å². The van der Waals surface area contributed by atoms with Crippen LogP contribution >= 0.6 is 0 Å². The maximum atomic E-state index is 12.3. The molecule has 1 aliphatic carbocycles. The molecule has 0 spiro atoms. The van der Waals surface area contributed by atoms with Gasteiger partial charge in [0, 0.05) is 12.6 Å². The molecule has 1 heterocycles. The molecule has 19 heavy (non-hydrogen) atoms. The number of urea groups is 1. The van der Waals surface area contributed by atoms with E-state index >= 15 is 0 Å². The molecule has 0 aromatic rings. The third kappa shape index (κ3) is 3.19. The first-order valence-corrected chi connectivity index (χ1v) is 7.43. The Morgan fingerprint density at radius 2 is 1.95 bits per heavy atom. The molecule has 2 N–H and O–H groups in total. The van der Waals surface area contributed by atoms with Gasteiger partial charge < -0.3 is 15.3 Å². The van der Waals surface area contributed by atoms with Crippen molar-refractivity contribution in [1.29, 1.82) is 0 Å². The van der Waals surface area contributed by atoms with E-state index in [9.17, 15) is 9.59 Å². The van der Waals surface area contributed by atoms with Gasteiger partial charge in [-0.15, -0.1) is 0 Å². The number of piperidine rings is 1. The van der Waals surface area contributed by atoms with Gasteiger partial charge in [-0.2, -0.15) is 0 Å². The van der Waals surface area contributed by atoms with Crippen LogP contribution in [0.3, 0.4) is 0 Å². The Hall–Kier alpha value is -1.26. The molecule has 3 atom stereocenters. The minimum atomic E-state index is -0.951. The van der Waals surface area contributed by atoms with Crippen molar-refractivity contribution >= 4 is 12.0 Å². The number of likely N-dealkylation sites (tertiary alicyclic amines) is 1. The summed E-state index contributed by atoms with van der Waals surface area (Å²) in [6.45, 7) is 2.54. The van der Waals surface area contributed by atoms with Crippen molar-refractivity contribution in [2.24, 2.45) is 5.92 Å². The fraction of sp³-hybridized carbons (Fsp3) is 0.857. The van der Waals surface area contributed by atoms with Crippen LogP contribution in [0.2, 0.25) is 0 Å². The molecule has 0 bridgehead atoms. The van der Waals surface area contributed by atoms with Gasteiger partial charge in [0.25, 0.3) is 0 Å². The molecule has 1 saturated carbocycles. The van der Waals surface area contributed by atoms with Crippen molar-refractivity contribution in [3.8, 4) is 0 Å². The third-order valence-corrected chi connectivity index (χ3v) is 4.51. The van der Waals surface area contributed by atoms with E-state index in [-0.39, 0.29) is 6.03 Å². The molecule has 0 radical (unpaired) electrons. The minimum Gasteiger partial charge on any atom is -0.480 e. The van der Waals surface area contributed by atoms with Crippen molar-refractivity contribution in [2.45, 2.75) is 64.0 Å². The van der Waals surface area contributed by atoms with E-state index in [4.69, 9.17) is 5.11 Å². The van der Waals surface area contributed by atoms with Crippen LogP contribution in [0.5, 0.6) is 0 Å². The molecule has 2 rings (SSSR count). The van der Waals surface area contributed by atoms with Crippen molar-refractivity contribution in [2.75, 3.05) is 6.54 Å². The largest absolute Gasteiger partial charge is 0.480 e. The van der Waals surface area contributed by atoms with Gasteiger partial charge in [-0.1, -0.05) is 19.8 Å².